The van der Waals surface area contributed by atoms with E-state index in [1.807, 2.05) is 6.08 Å². The maximum atomic E-state index is 14.6. The van der Waals surface area contributed by atoms with Crippen LogP contribution in [0.5, 0.6) is 5.75 Å². The lowest BCUT2D eigenvalue weighted by atomic mass is 9.93. The summed E-state index contributed by atoms with van der Waals surface area (Å²) in [6, 6.07) is 2.33. The Hall–Kier alpha value is -1.83. The van der Waals surface area contributed by atoms with E-state index in [1.165, 1.54) is 17.8 Å². The van der Waals surface area contributed by atoms with Gasteiger partial charge in [-0.05, 0) is 43.9 Å². The van der Waals surface area contributed by atoms with Crippen LogP contribution >= 0.6 is 23.4 Å². The van der Waals surface area contributed by atoms with Gasteiger partial charge in [0.1, 0.15) is 23.6 Å². The Morgan fingerprint density at radius 2 is 1.89 bits per heavy atom. The van der Waals surface area contributed by atoms with Gasteiger partial charge in [0.05, 0.1) is 10.7 Å². The summed E-state index contributed by atoms with van der Waals surface area (Å²) in [5, 5.41) is 10.0. The fraction of sp³-hybridized carbons (Fsp3) is 0.400. The standard InChI is InChI=1S/C20H19ClFNO4S/c21-14-8-15(22)16(9-17(14)27-10-11-4-3-7-28-20(11)26)23-18(24)12-5-1-2-6-13(12)19(23)25/h4,8-9,20,26H,1-3,5-7,10H2. The van der Waals surface area contributed by atoms with E-state index in [9.17, 15) is 19.1 Å². The number of thioether (sulfide) groups is 1. The molecular formula is C20H19ClFNO4S. The number of hydrogen-bond donors (Lipinski definition) is 1. The largest absolute Gasteiger partial charge is 0.487 e. The number of rotatable bonds is 4. The molecule has 0 bridgehead atoms. The van der Waals surface area contributed by atoms with E-state index in [2.05, 4.69) is 0 Å². The Kier molecular flexibility index (Phi) is 5.49. The molecule has 1 aliphatic carbocycles. The normalized spacial score (nSPS) is 22.5. The zero-order chi connectivity index (χ0) is 19.8. The molecule has 3 aliphatic rings. The van der Waals surface area contributed by atoms with Gasteiger partial charge < -0.3 is 9.84 Å². The van der Waals surface area contributed by atoms with Crippen molar-refractivity contribution in [2.24, 2.45) is 0 Å². The van der Waals surface area contributed by atoms with Crippen LogP contribution in [0.4, 0.5) is 10.1 Å². The summed E-state index contributed by atoms with van der Waals surface area (Å²) in [5.74, 6) is -0.691. The number of hydrogen-bond acceptors (Lipinski definition) is 5. The summed E-state index contributed by atoms with van der Waals surface area (Å²) < 4.78 is 20.3. The van der Waals surface area contributed by atoms with Gasteiger partial charge in [-0.3, -0.25) is 9.59 Å². The molecular weight excluding hydrogens is 405 g/mol. The Morgan fingerprint density at radius 1 is 1.21 bits per heavy atom. The van der Waals surface area contributed by atoms with E-state index in [0.29, 0.717) is 29.6 Å². The van der Waals surface area contributed by atoms with Crippen LogP contribution in [0.3, 0.4) is 0 Å². The average molecular weight is 424 g/mol. The molecule has 28 heavy (non-hydrogen) atoms. The number of amides is 2. The third kappa shape index (κ3) is 3.47. The molecule has 1 unspecified atom stereocenters. The highest BCUT2D eigenvalue weighted by Gasteiger charge is 2.41. The first-order chi connectivity index (χ1) is 13.5. The lowest BCUT2D eigenvalue weighted by Crippen LogP contribution is -2.32. The number of anilines is 1. The van der Waals surface area contributed by atoms with Crippen LogP contribution in [0.15, 0.2) is 34.9 Å². The van der Waals surface area contributed by atoms with Crippen molar-refractivity contribution in [1.82, 2.24) is 0 Å². The van der Waals surface area contributed by atoms with Gasteiger partial charge in [-0.15, -0.1) is 11.8 Å². The summed E-state index contributed by atoms with van der Waals surface area (Å²) in [6.07, 6.45) is 5.51. The molecule has 1 atom stereocenters. The van der Waals surface area contributed by atoms with E-state index >= 15 is 0 Å². The van der Waals surface area contributed by atoms with Crippen LogP contribution in [0.25, 0.3) is 0 Å². The lowest BCUT2D eigenvalue weighted by molar-refractivity contribution is -0.120. The molecule has 0 saturated heterocycles. The smallest absolute Gasteiger partial charge is 0.261 e. The van der Waals surface area contributed by atoms with E-state index in [-0.39, 0.29) is 23.1 Å². The van der Waals surface area contributed by atoms with Crippen molar-refractivity contribution in [3.8, 4) is 5.75 Å². The number of nitrogens with zero attached hydrogens (tertiary/aromatic N) is 1. The van der Waals surface area contributed by atoms with Gasteiger partial charge in [-0.2, -0.15) is 0 Å². The Bertz CT molecular complexity index is 886. The number of imide groups is 1. The second-order valence-corrected chi connectivity index (χ2v) is 8.52. The van der Waals surface area contributed by atoms with Gasteiger partial charge in [0, 0.05) is 22.8 Å². The number of halogens is 2. The summed E-state index contributed by atoms with van der Waals surface area (Å²) in [7, 11) is 0. The van der Waals surface area contributed by atoms with Crippen LogP contribution in [0.2, 0.25) is 5.02 Å². The minimum atomic E-state index is -0.758. The molecule has 1 N–H and O–H groups in total. The van der Waals surface area contributed by atoms with Crippen molar-refractivity contribution < 1.29 is 23.8 Å². The highest BCUT2D eigenvalue weighted by molar-refractivity contribution is 7.99. The number of carbonyl (C=O) groups excluding carboxylic acids is 2. The predicted molar refractivity (Wildman–Crippen MR) is 106 cm³/mol. The number of aliphatic hydroxyl groups excluding tert-OH is 1. The van der Waals surface area contributed by atoms with Crippen molar-refractivity contribution >= 4 is 40.9 Å². The van der Waals surface area contributed by atoms with E-state index in [1.54, 1.807) is 0 Å². The van der Waals surface area contributed by atoms with Crippen molar-refractivity contribution in [1.29, 1.82) is 0 Å². The summed E-state index contributed by atoms with van der Waals surface area (Å²) in [4.78, 5) is 26.3. The molecule has 8 heteroatoms. The molecule has 2 aliphatic heterocycles. The summed E-state index contributed by atoms with van der Waals surface area (Å²) in [6.45, 7) is 0.0929. The third-order valence-corrected chi connectivity index (χ3v) is 6.53. The topological polar surface area (TPSA) is 66.8 Å². The van der Waals surface area contributed by atoms with E-state index in [4.69, 9.17) is 16.3 Å². The number of ether oxygens (including phenoxy) is 1. The van der Waals surface area contributed by atoms with Gasteiger partial charge in [0.2, 0.25) is 0 Å². The Morgan fingerprint density at radius 3 is 2.54 bits per heavy atom. The summed E-state index contributed by atoms with van der Waals surface area (Å²) in [5.41, 5.74) is 0.881. The van der Waals surface area contributed by atoms with Crippen LogP contribution in [0.1, 0.15) is 32.1 Å². The van der Waals surface area contributed by atoms with Crippen LogP contribution in [-0.2, 0) is 9.59 Å². The molecule has 0 aromatic heterocycles. The fourth-order valence-corrected chi connectivity index (χ4v) is 4.74. The van der Waals surface area contributed by atoms with Crippen LogP contribution in [-0.4, -0.2) is 34.7 Å². The Balaban J connectivity index is 1.60. The molecule has 4 rings (SSSR count). The highest BCUT2D eigenvalue weighted by atomic mass is 35.5. The van der Waals surface area contributed by atoms with Crippen molar-refractivity contribution in [2.45, 2.75) is 37.5 Å². The Labute approximate surface area is 171 Å². The minimum absolute atomic E-state index is 0.0385. The van der Waals surface area contributed by atoms with Gasteiger partial charge in [0.15, 0.2) is 0 Å². The highest BCUT2D eigenvalue weighted by Crippen LogP contribution is 2.39. The van der Waals surface area contributed by atoms with E-state index in [0.717, 1.165) is 36.0 Å². The number of carbonyl (C=O) groups is 2. The van der Waals surface area contributed by atoms with Crippen LogP contribution < -0.4 is 9.64 Å². The van der Waals surface area contributed by atoms with E-state index < -0.39 is 23.1 Å². The zero-order valence-corrected chi connectivity index (χ0v) is 16.6. The second-order valence-electron chi connectivity index (χ2n) is 6.92. The number of aliphatic hydroxyl groups is 1. The number of benzene rings is 1. The van der Waals surface area contributed by atoms with Crippen molar-refractivity contribution in [2.75, 3.05) is 17.3 Å². The quantitative estimate of drug-likeness (QED) is 0.586. The molecule has 1 aromatic carbocycles. The van der Waals surface area contributed by atoms with Gasteiger partial charge in [-0.1, -0.05) is 17.7 Å². The maximum absolute atomic E-state index is 14.6. The maximum Gasteiger partial charge on any atom is 0.261 e. The summed E-state index contributed by atoms with van der Waals surface area (Å²) >= 11 is 7.52. The minimum Gasteiger partial charge on any atom is -0.487 e. The molecule has 0 radical (unpaired) electrons. The lowest BCUT2D eigenvalue weighted by Gasteiger charge is -2.21. The zero-order valence-electron chi connectivity index (χ0n) is 15.0. The first-order valence-corrected chi connectivity index (χ1v) is 10.6. The van der Waals surface area contributed by atoms with Crippen molar-refractivity contribution in [3.05, 3.63) is 45.8 Å². The monoisotopic (exact) mass is 423 g/mol. The first kappa shape index (κ1) is 19.5. The molecule has 0 spiro atoms. The predicted octanol–water partition coefficient (Wildman–Crippen LogP) is 3.98. The van der Waals surface area contributed by atoms with Gasteiger partial charge in [-0.25, -0.2) is 9.29 Å². The molecule has 148 valence electrons. The average Bonchev–Trinajstić information content (AvgIpc) is 2.94. The third-order valence-electron chi connectivity index (χ3n) is 5.14. The number of allylic oxidation sites excluding steroid dienone is 1. The van der Waals surface area contributed by atoms with Gasteiger partial charge in [0.25, 0.3) is 11.8 Å². The SMILES string of the molecule is O=C1C2=C(CCCC2)C(=O)N1c1cc(OCC2=CCCSC2O)c(Cl)cc1F. The second kappa shape index (κ2) is 7.89. The van der Waals surface area contributed by atoms with Gasteiger partial charge >= 0.3 is 0 Å². The molecule has 1 aromatic rings. The molecule has 0 fully saturated rings. The molecule has 5 nitrogen and oxygen atoms in total. The molecule has 0 saturated carbocycles. The molecule has 2 amide bonds. The fourth-order valence-electron chi connectivity index (χ4n) is 3.68. The van der Waals surface area contributed by atoms with Crippen LogP contribution in [0, 0.1) is 5.82 Å². The molecule has 2 heterocycles. The van der Waals surface area contributed by atoms with Crippen molar-refractivity contribution in [3.63, 3.8) is 0 Å². The first-order valence-electron chi connectivity index (χ1n) is 9.18.